The van der Waals surface area contributed by atoms with Gasteiger partial charge in [0.05, 0.1) is 42.9 Å². The number of rotatable bonds is 10. The number of carbonyl (C=O) groups excluding carboxylic acids is 3. The third kappa shape index (κ3) is 9.60. The lowest BCUT2D eigenvalue weighted by molar-refractivity contribution is -0.191. The van der Waals surface area contributed by atoms with Crippen LogP contribution in [-0.4, -0.2) is 63.5 Å². The normalized spacial score (nSPS) is 30.7. The Bertz CT molecular complexity index is 2240. The van der Waals surface area contributed by atoms with Crippen LogP contribution in [0.15, 0.2) is 59.9 Å². The fourth-order valence-corrected chi connectivity index (χ4v) is 13.3. The van der Waals surface area contributed by atoms with E-state index in [9.17, 15) is 4.79 Å². The second-order valence-electron chi connectivity index (χ2n) is 22.6. The highest BCUT2D eigenvalue weighted by molar-refractivity contribution is 6.63. The summed E-state index contributed by atoms with van der Waals surface area (Å²) in [5.74, 6) is 8.56. The molecule has 0 spiro atoms. The van der Waals surface area contributed by atoms with Gasteiger partial charge in [0, 0.05) is 11.1 Å². The zero-order chi connectivity index (χ0) is 48.1. The third-order valence-electron chi connectivity index (χ3n) is 17.4. The lowest BCUT2D eigenvalue weighted by Gasteiger charge is -2.51. The fourth-order valence-electron chi connectivity index (χ4n) is 13.3. The number of allylic oxidation sites excluding steroid dienone is 3. The van der Waals surface area contributed by atoms with E-state index in [1.807, 2.05) is 13.2 Å². The summed E-state index contributed by atoms with van der Waals surface area (Å²) >= 11 is 0. The molecule has 8 saturated carbocycles. The first-order chi connectivity index (χ1) is 31.9. The summed E-state index contributed by atoms with van der Waals surface area (Å²) in [4.78, 5) is 26.9. The molecular formula is C55H72B2O10. The molecule has 0 atom stereocenters. The Morgan fingerprint density at radius 1 is 0.567 bits per heavy atom. The van der Waals surface area contributed by atoms with Crippen LogP contribution in [-0.2, 0) is 47.2 Å². The topological polar surface area (TPSA) is 116 Å². The van der Waals surface area contributed by atoms with E-state index in [4.69, 9.17) is 42.4 Å². The summed E-state index contributed by atoms with van der Waals surface area (Å²) < 4.78 is 42.7. The highest BCUT2D eigenvalue weighted by Gasteiger charge is 2.54. The maximum atomic E-state index is 10.6. The molecule has 12 heteroatoms. The Morgan fingerprint density at radius 2 is 0.896 bits per heavy atom. The molecule has 0 N–H and O–H groups in total. The van der Waals surface area contributed by atoms with Crippen molar-refractivity contribution in [3.63, 3.8) is 0 Å². The average Bonchev–Trinajstić information content (AvgIpc) is 3.63. The maximum Gasteiger partial charge on any atom is 0.495 e. The van der Waals surface area contributed by atoms with Crippen molar-refractivity contribution in [1.29, 1.82) is 0 Å². The van der Waals surface area contributed by atoms with Crippen LogP contribution in [0.1, 0.15) is 149 Å². The Kier molecular flexibility index (Phi) is 14.2. The van der Waals surface area contributed by atoms with Crippen molar-refractivity contribution in [2.75, 3.05) is 14.2 Å². The molecule has 12 rings (SSSR count). The predicted molar refractivity (Wildman–Crippen MR) is 262 cm³/mol. The molecule has 2 aromatic carbocycles. The highest BCUT2D eigenvalue weighted by atomic mass is 16.7. The van der Waals surface area contributed by atoms with Gasteiger partial charge < -0.3 is 32.8 Å². The molecule has 2 heterocycles. The van der Waals surface area contributed by atoms with Crippen molar-refractivity contribution in [2.45, 2.75) is 149 Å². The minimum absolute atomic E-state index is 0.250. The molecule has 0 aromatic heterocycles. The number of benzene rings is 2. The van der Waals surface area contributed by atoms with Gasteiger partial charge in [0.1, 0.15) is 11.5 Å². The molecule has 0 unspecified atom stereocenters. The van der Waals surface area contributed by atoms with E-state index in [1.54, 1.807) is 18.8 Å². The lowest BCUT2D eigenvalue weighted by Crippen LogP contribution is -2.41. The average molecular weight is 915 g/mol. The van der Waals surface area contributed by atoms with Gasteiger partial charge >= 0.3 is 20.4 Å². The van der Waals surface area contributed by atoms with Crippen LogP contribution in [0.4, 0.5) is 0 Å². The van der Waals surface area contributed by atoms with Crippen molar-refractivity contribution >= 4 is 61.5 Å². The first-order valence-corrected chi connectivity index (χ1v) is 24.8. The van der Waals surface area contributed by atoms with Gasteiger partial charge in [-0.1, -0.05) is 48.6 Å². The quantitative estimate of drug-likeness (QED) is 0.130. The second kappa shape index (κ2) is 19.3. The van der Waals surface area contributed by atoms with Crippen LogP contribution in [0, 0.1) is 47.3 Å². The molecule has 358 valence electrons. The predicted octanol–water partition coefficient (Wildman–Crippen LogP) is 10.2. The largest absolute Gasteiger partial charge is 0.496 e. The van der Waals surface area contributed by atoms with Crippen LogP contribution >= 0.6 is 0 Å². The van der Waals surface area contributed by atoms with E-state index in [2.05, 4.69) is 105 Å². The van der Waals surface area contributed by atoms with E-state index in [0.717, 1.165) is 62.8 Å². The zero-order valence-corrected chi connectivity index (χ0v) is 41.8. The molecule has 0 amide bonds. The zero-order valence-electron chi connectivity index (χ0n) is 41.8. The van der Waals surface area contributed by atoms with Gasteiger partial charge in [-0.15, -0.1) is 0 Å². The van der Waals surface area contributed by atoms with Gasteiger partial charge in [0.2, 0.25) is 0 Å². The van der Waals surface area contributed by atoms with Crippen molar-refractivity contribution in [1.82, 2.24) is 0 Å². The lowest BCUT2D eigenvalue weighted by atomic mass is 9.54. The molecule has 0 radical (unpaired) electrons. The van der Waals surface area contributed by atoms with Crippen LogP contribution in [0.5, 0.6) is 0 Å². The summed E-state index contributed by atoms with van der Waals surface area (Å²) in [7, 11) is 2.75. The third-order valence-corrected chi connectivity index (χ3v) is 17.4. The molecule has 2 aromatic rings. The molecule has 10 aliphatic rings. The summed E-state index contributed by atoms with van der Waals surface area (Å²) in [6, 6.07) is 13.0. The SMILES string of the molecule is C/C=C/c1ccc(C(OC)=C2C3CC4CC(C3)CC2C4)cc1B1OC(C)(C)C(C)(C)O1.COC(=C1C2CC3CC(C2)CC1C3)c1ccc(/C=C/OC=O)c(B2OC(C)(C)C(C)(C)O2)c1.O=C=O. The Balaban J connectivity index is 0.000000172. The van der Waals surface area contributed by atoms with E-state index in [-0.39, 0.29) is 24.5 Å². The Hall–Kier alpha value is -4.18. The van der Waals surface area contributed by atoms with Crippen LogP contribution in [0.2, 0.25) is 0 Å². The summed E-state index contributed by atoms with van der Waals surface area (Å²) in [5.41, 5.74) is 7.79. The van der Waals surface area contributed by atoms with Gasteiger partial charge in [-0.25, -0.2) is 0 Å². The minimum Gasteiger partial charge on any atom is -0.496 e. The minimum atomic E-state index is -0.521. The first kappa shape index (κ1) is 49.2. The van der Waals surface area contributed by atoms with Crippen LogP contribution in [0.25, 0.3) is 23.7 Å². The van der Waals surface area contributed by atoms with Crippen molar-refractivity contribution in [2.24, 2.45) is 47.3 Å². The molecule has 2 saturated heterocycles. The monoisotopic (exact) mass is 915 g/mol. The number of hydrogen-bond donors (Lipinski definition) is 0. The maximum absolute atomic E-state index is 10.6. The van der Waals surface area contributed by atoms with Crippen LogP contribution in [0.3, 0.4) is 0 Å². The van der Waals surface area contributed by atoms with Crippen molar-refractivity contribution in [3.05, 3.63) is 82.1 Å². The summed E-state index contributed by atoms with van der Waals surface area (Å²) in [6.07, 6.45) is 21.2. The number of methoxy groups -OCH3 is 2. The Labute approximate surface area is 399 Å². The highest BCUT2D eigenvalue weighted by Crippen LogP contribution is 2.59. The number of ether oxygens (including phenoxy) is 3. The first-order valence-electron chi connectivity index (χ1n) is 24.8. The fraction of sp³-hybridized carbons (Fsp3) is 0.600. The number of hydrogen-bond acceptors (Lipinski definition) is 10. The Morgan fingerprint density at radius 3 is 1.19 bits per heavy atom. The molecule has 10 fully saturated rings. The molecule has 10 nitrogen and oxygen atoms in total. The summed E-state index contributed by atoms with van der Waals surface area (Å²) in [5, 5.41) is 0. The smallest absolute Gasteiger partial charge is 0.495 e. The second-order valence-corrected chi connectivity index (χ2v) is 22.6. The molecule has 2 aliphatic heterocycles. The van der Waals surface area contributed by atoms with Gasteiger partial charge in [-0.05, 0) is 213 Å². The van der Waals surface area contributed by atoms with E-state index in [0.29, 0.717) is 30.1 Å². The van der Waals surface area contributed by atoms with Gasteiger partial charge in [0.25, 0.3) is 6.47 Å². The van der Waals surface area contributed by atoms with Gasteiger partial charge in [-0.2, -0.15) is 9.59 Å². The van der Waals surface area contributed by atoms with Gasteiger partial charge in [-0.3, -0.25) is 4.79 Å². The van der Waals surface area contributed by atoms with E-state index >= 15 is 0 Å². The van der Waals surface area contributed by atoms with Gasteiger partial charge in [0.15, 0.2) is 0 Å². The van der Waals surface area contributed by atoms with Crippen molar-refractivity contribution in [3.8, 4) is 0 Å². The molecule has 8 aliphatic carbocycles. The van der Waals surface area contributed by atoms with E-state index < -0.39 is 18.3 Å². The summed E-state index contributed by atoms with van der Waals surface area (Å²) in [6.45, 7) is 19.1. The number of carbonyl (C=O) groups is 1. The van der Waals surface area contributed by atoms with Crippen molar-refractivity contribution < 1.29 is 47.2 Å². The molecule has 8 bridgehead atoms. The van der Waals surface area contributed by atoms with Crippen LogP contribution < -0.4 is 10.9 Å². The molecule has 67 heavy (non-hydrogen) atoms. The van der Waals surface area contributed by atoms with E-state index in [1.165, 1.54) is 81.6 Å². The standard InChI is InChI=1S/C27H35BO5.C27H37BO3.CO2/c1-26(2)27(3,4)33-28(32-26)23-15-20(7-6-19(23)8-9-31-16-29)25(30-5)24-21-11-17-10-18(13-21)14-22(24)12-17;1-7-8-19-9-10-20(16-23(19)28-30-26(2,3)27(4,5)31-28)25(29-6)24-21-12-17-11-18(14-21)15-22(24)13-17;2-1-3/h6-9,15-18,21-22H,10-14H2,1-5H3;7-10,16-18,21-22H,11-15H2,1-6H3;/b9-8+,25-24?;8-7+,25-24?;. The molecular weight excluding hydrogens is 842 g/mol.